The molecule has 2 heterocycles. The summed E-state index contributed by atoms with van der Waals surface area (Å²) in [5.41, 5.74) is 1.66. The summed E-state index contributed by atoms with van der Waals surface area (Å²) in [5.74, 6) is 0.609. The van der Waals surface area contributed by atoms with Crippen LogP contribution in [-0.4, -0.2) is 59.6 Å². The highest BCUT2D eigenvalue weighted by molar-refractivity contribution is 7.98. The Balaban J connectivity index is 1.48. The first-order valence-corrected chi connectivity index (χ1v) is 11.7. The number of benzene rings is 2. The van der Waals surface area contributed by atoms with E-state index in [4.69, 9.17) is 4.74 Å². The van der Waals surface area contributed by atoms with Crippen LogP contribution in [0.5, 0.6) is 0 Å². The molecule has 6 nitrogen and oxygen atoms in total. The van der Waals surface area contributed by atoms with Crippen molar-refractivity contribution >= 4 is 29.4 Å². The molecular weight excluding hydrogens is 412 g/mol. The van der Waals surface area contributed by atoms with Gasteiger partial charge in [0.25, 0.3) is 5.91 Å². The van der Waals surface area contributed by atoms with Crippen molar-refractivity contribution in [2.45, 2.75) is 36.8 Å². The monoisotopic (exact) mass is 438 g/mol. The van der Waals surface area contributed by atoms with Crippen molar-refractivity contribution in [1.29, 1.82) is 0 Å². The van der Waals surface area contributed by atoms with Crippen LogP contribution >= 0.6 is 11.8 Å². The summed E-state index contributed by atoms with van der Waals surface area (Å²) in [6.07, 6.45) is 1.34. The number of carbonyl (C=O) groups is 3. The lowest BCUT2D eigenvalue weighted by molar-refractivity contribution is -0.141. The minimum Gasteiger partial charge on any atom is -0.368 e. The highest BCUT2D eigenvalue weighted by atomic mass is 32.2. The van der Waals surface area contributed by atoms with Crippen LogP contribution in [0.1, 0.15) is 28.8 Å². The van der Waals surface area contributed by atoms with Crippen LogP contribution in [0.15, 0.2) is 60.7 Å². The summed E-state index contributed by atoms with van der Waals surface area (Å²) in [5, 5.41) is 2.91. The van der Waals surface area contributed by atoms with Gasteiger partial charge in [-0.1, -0.05) is 48.5 Å². The van der Waals surface area contributed by atoms with Gasteiger partial charge in [0.2, 0.25) is 5.91 Å². The second-order valence-electron chi connectivity index (χ2n) is 7.83. The standard InChI is InChI=1S/C24H26N2O4S/c27-20-14-30-21-12-7-13-26(22(20)21)24(29)19(16-31-15-17-8-3-1-4-9-17)25-23(28)18-10-5-2-6-11-18/h1-6,8-11,19,21-22H,7,12-16H2,(H,25,28)/t19-,21+,22+/m0/s1. The normalized spacial score (nSPS) is 21.4. The predicted octanol–water partition coefficient (Wildman–Crippen LogP) is 2.68. The van der Waals surface area contributed by atoms with Gasteiger partial charge in [-0.15, -0.1) is 0 Å². The minimum atomic E-state index is -0.714. The predicted molar refractivity (Wildman–Crippen MR) is 120 cm³/mol. The van der Waals surface area contributed by atoms with E-state index in [0.29, 0.717) is 17.9 Å². The molecule has 2 aromatic rings. The van der Waals surface area contributed by atoms with E-state index in [1.807, 2.05) is 36.4 Å². The van der Waals surface area contributed by atoms with Crippen molar-refractivity contribution in [3.8, 4) is 0 Å². The highest BCUT2D eigenvalue weighted by Gasteiger charge is 2.45. The Morgan fingerprint density at radius 1 is 1.10 bits per heavy atom. The number of Topliss-reactive ketones (excluding diaryl/α,β-unsaturated/α-hetero) is 1. The maximum absolute atomic E-state index is 13.5. The van der Waals surface area contributed by atoms with Gasteiger partial charge in [-0.25, -0.2) is 0 Å². The first kappa shape index (κ1) is 21.6. The molecule has 2 aromatic carbocycles. The number of carbonyl (C=O) groups excluding carboxylic acids is 3. The number of ether oxygens (including phenoxy) is 1. The van der Waals surface area contributed by atoms with Gasteiger partial charge in [0.05, 0.1) is 6.10 Å². The van der Waals surface area contributed by atoms with E-state index in [0.717, 1.165) is 24.2 Å². The van der Waals surface area contributed by atoms with Gasteiger partial charge < -0.3 is 15.0 Å². The maximum Gasteiger partial charge on any atom is 0.251 e. The zero-order valence-corrected chi connectivity index (χ0v) is 18.1. The topological polar surface area (TPSA) is 75.7 Å². The molecule has 0 aromatic heterocycles. The second-order valence-corrected chi connectivity index (χ2v) is 8.86. The smallest absolute Gasteiger partial charge is 0.251 e. The Morgan fingerprint density at radius 2 is 1.81 bits per heavy atom. The van der Waals surface area contributed by atoms with E-state index in [1.165, 1.54) is 0 Å². The van der Waals surface area contributed by atoms with Crippen molar-refractivity contribution in [2.24, 2.45) is 0 Å². The number of nitrogens with zero attached hydrogens (tertiary/aromatic N) is 1. The van der Waals surface area contributed by atoms with Crippen molar-refractivity contribution in [3.63, 3.8) is 0 Å². The molecule has 2 saturated heterocycles. The summed E-state index contributed by atoms with van der Waals surface area (Å²) in [7, 11) is 0. The Bertz CT molecular complexity index is 922. The van der Waals surface area contributed by atoms with E-state index in [9.17, 15) is 14.4 Å². The molecule has 0 saturated carbocycles. The molecule has 2 fully saturated rings. The number of likely N-dealkylation sites (tertiary alicyclic amines) is 1. The third-order valence-corrected chi connectivity index (χ3v) is 6.77. The van der Waals surface area contributed by atoms with Gasteiger partial charge in [0, 0.05) is 23.6 Å². The van der Waals surface area contributed by atoms with Crippen LogP contribution in [0.2, 0.25) is 0 Å². The molecule has 2 aliphatic rings. The SMILES string of the molecule is O=C(N[C@@H](CSCc1ccccc1)C(=O)N1CCC[C@H]2OCC(=O)[C@H]21)c1ccccc1. The number of amides is 2. The average Bonchev–Trinajstić information content (AvgIpc) is 3.20. The van der Waals surface area contributed by atoms with Crippen molar-refractivity contribution in [3.05, 3.63) is 71.8 Å². The number of ketones is 1. The lowest BCUT2D eigenvalue weighted by atomic mass is 9.97. The lowest BCUT2D eigenvalue weighted by Gasteiger charge is -2.37. The van der Waals surface area contributed by atoms with E-state index >= 15 is 0 Å². The number of hydrogen-bond acceptors (Lipinski definition) is 5. The summed E-state index contributed by atoms with van der Waals surface area (Å²) in [4.78, 5) is 40.3. The summed E-state index contributed by atoms with van der Waals surface area (Å²) in [6, 6.07) is 17.6. The minimum absolute atomic E-state index is 0.0527. The molecule has 0 spiro atoms. The summed E-state index contributed by atoms with van der Waals surface area (Å²) >= 11 is 1.59. The van der Waals surface area contributed by atoms with Gasteiger partial charge in [-0.2, -0.15) is 11.8 Å². The Morgan fingerprint density at radius 3 is 2.55 bits per heavy atom. The van der Waals surface area contributed by atoms with E-state index < -0.39 is 12.1 Å². The summed E-state index contributed by atoms with van der Waals surface area (Å²) < 4.78 is 5.58. The zero-order valence-electron chi connectivity index (χ0n) is 17.2. The molecule has 7 heteroatoms. The molecule has 31 heavy (non-hydrogen) atoms. The number of piperidine rings is 1. The van der Waals surface area contributed by atoms with Crippen molar-refractivity contribution in [1.82, 2.24) is 10.2 Å². The number of thioether (sulfide) groups is 1. The Kier molecular flexibility index (Phi) is 7.04. The molecule has 0 bridgehead atoms. The van der Waals surface area contributed by atoms with Gasteiger partial charge in [0.15, 0.2) is 5.78 Å². The highest BCUT2D eigenvalue weighted by Crippen LogP contribution is 2.27. The molecule has 1 N–H and O–H groups in total. The number of hydrogen-bond donors (Lipinski definition) is 1. The van der Waals surface area contributed by atoms with Crippen LogP contribution < -0.4 is 5.32 Å². The molecular formula is C24H26N2O4S. The van der Waals surface area contributed by atoms with E-state index in [-0.39, 0.29) is 30.3 Å². The molecule has 4 rings (SSSR count). The number of fused-ring (bicyclic) bond motifs is 1. The molecule has 0 aliphatic carbocycles. The van der Waals surface area contributed by atoms with Crippen LogP contribution in [0.3, 0.4) is 0 Å². The molecule has 162 valence electrons. The lowest BCUT2D eigenvalue weighted by Crippen LogP contribution is -2.58. The second kappa shape index (κ2) is 10.1. The number of rotatable bonds is 7. The zero-order chi connectivity index (χ0) is 21.6. The van der Waals surface area contributed by atoms with Crippen molar-refractivity contribution in [2.75, 3.05) is 18.9 Å². The molecule has 0 radical (unpaired) electrons. The maximum atomic E-state index is 13.5. The average molecular weight is 439 g/mol. The molecule has 0 unspecified atom stereocenters. The first-order chi connectivity index (χ1) is 15.1. The first-order valence-electron chi connectivity index (χ1n) is 10.6. The van der Waals surface area contributed by atoms with Crippen LogP contribution in [-0.2, 0) is 20.1 Å². The van der Waals surface area contributed by atoms with Crippen LogP contribution in [0.25, 0.3) is 0 Å². The van der Waals surface area contributed by atoms with Crippen molar-refractivity contribution < 1.29 is 19.1 Å². The fourth-order valence-corrected chi connectivity index (χ4v) is 5.12. The third-order valence-electron chi connectivity index (χ3n) is 5.66. The summed E-state index contributed by atoms with van der Waals surface area (Å²) in [6.45, 7) is 0.569. The largest absolute Gasteiger partial charge is 0.368 e. The Hall–Kier alpha value is -2.64. The van der Waals surface area contributed by atoms with Gasteiger partial charge in [0.1, 0.15) is 18.7 Å². The third kappa shape index (κ3) is 5.17. The molecule has 2 aliphatic heterocycles. The molecule has 2 amide bonds. The molecule has 3 atom stereocenters. The Labute approximate surface area is 186 Å². The quantitative estimate of drug-likeness (QED) is 0.719. The fraction of sp³-hybridized carbons (Fsp3) is 0.375. The van der Waals surface area contributed by atoms with Gasteiger partial charge in [-0.05, 0) is 30.5 Å². The van der Waals surface area contributed by atoms with Gasteiger partial charge >= 0.3 is 0 Å². The van der Waals surface area contributed by atoms with Crippen LogP contribution in [0.4, 0.5) is 0 Å². The van der Waals surface area contributed by atoms with Gasteiger partial charge in [-0.3, -0.25) is 14.4 Å². The number of nitrogens with one attached hydrogen (secondary N) is 1. The van der Waals surface area contributed by atoms with Crippen LogP contribution in [0, 0.1) is 0 Å². The fourth-order valence-electron chi connectivity index (χ4n) is 4.11. The van der Waals surface area contributed by atoms with E-state index in [2.05, 4.69) is 5.32 Å². The van der Waals surface area contributed by atoms with E-state index in [1.54, 1.807) is 40.9 Å².